The first-order valence-electron chi connectivity index (χ1n) is 15.6. The number of carbonyl (C=O) groups excluding carboxylic acids is 3. The van der Waals surface area contributed by atoms with E-state index < -0.39 is 21.7 Å². The average Bonchev–Trinajstić information content (AvgIpc) is 3.57. The minimum atomic E-state index is -4.12. The van der Waals surface area contributed by atoms with Gasteiger partial charge in [0.25, 0.3) is 15.9 Å². The standard InChI is InChI=1S/C34H38Cl2N4O5S/c35-25-11-16-28(30(36)21-25)33(42)29-5-1-2-6-31(29)39-46(44,45)27-14-9-24(10-15-27)34(43)37-22-32(41)38-26-12-7-23(8-13-26)17-20-40-18-3-4-19-40/h1-2,5-6,9-11,14-16,21,23,26,39H,3-4,7-8,12-13,17-20,22H2,(H,37,43)(H,38,41). The molecule has 12 heteroatoms. The fraction of sp³-hybridized carbons (Fsp3) is 0.382. The summed E-state index contributed by atoms with van der Waals surface area (Å²) in [7, 11) is -4.12. The first-order valence-corrected chi connectivity index (χ1v) is 17.8. The number of hydrogen-bond acceptors (Lipinski definition) is 6. The van der Waals surface area contributed by atoms with Crippen molar-refractivity contribution in [3.8, 4) is 0 Å². The second kappa shape index (κ2) is 15.4. The third-order valence-corrected chi connectivity index (χ3v) is 10.6. The number of anilines is 1. The van der Waals surface area contributed by atoms with E-state index in [1.54, 1.807) is 12.1 Å². The summed E-state index contributed by atoms with van der Waals surface area (Å²) in [6.07, 6.45) is 7.94. The highest BCUT2D eigenvalue weighted by atomic mass is 35.5. The number of halogens is 2. The molecule has 2 aliphatic rings. The van der Waals surface area contributed by atoms with Crippen LogP contribution in [0.25, 0.3) is 0 Å². The number of para-hydroxylation sites is 1. The van der Waals surface area contributed by atoms with Gasteiger partial charge in [-0.2, -0.15) is 0 Å². The van der Waals surface area contributed by atoms with Crippen molar-refractivity contribution in [1.82, 2.24) is 15.5 Å². The van der Waals surface area contributed by atoms with Crippen molar-refractivity contribution in [3.05, 3.63) is 93.5 Å². The first-order chi connectivity index (χ1) is 22.1. The van der Waals surface area contributed by atoms with Gasteiger partial charge in [0.15, 0.2) is 5.78 Å². The smallest absolute Gasteiger partial charge is 0.261 e. The number of ketones is 1. The van der Waals surface area contributed by atoms with Crippen LogP contribution in [0.1, 0.15) is 71.2 Å². The van der Waals surface area contributed by atoms with E-state index in [0.29, 0.717) is 10.9 Å². The Labute approximate surface area is 280 Å². The van der Waals surface area contributed by atoms with Crippen LogP contribution in [0.4, 0.5) is 5.69 Å². The molecule has 3 N–H and O–H groups in total. The molecule has 2 fully saturated rings. The van der Waals surface area contributed by atoms with E-state index in [4.69, 9.17) is 23.2 Å². The van der Waals surface area contributed by atoms with Crippen molar-refractivity contribution in [1.29, 1.82) is 0 Å². The lowest BCUT2D eigenvalue weighted by atomic mass is 9.84. The molecule has 5 rings (SSSR count). The molecule has 0 radical (unpaired) electrons. The average molecular weight is 686 g/mol. The van der Waals surface area contributed by atoms with Crippen molar-refractivity contribution < 1.29 is 22.8 Å². The number of likely N-dealkylation sites (tertiary alicyclic amines) is 1. The molecule has 0 unspecified atom stereocenters. The summed E-state index contributed by atoms with van der Waals surface area (Å²) in [5.41, 5.74) is 0.563. The van der Waals surface area contributed by atoms with Gasteiger partial charge in [0.1, 0.15) is 0 Å². The quantitative estimate of drug-likeness (QED) is 0.204. The van der Waals surface area contributed by atoms with Gasteiger partial charge in [0.05, 0.1) is 22.2 Å². The Bertz CT molecular complexity index is 1670. The van der Waals surface area contributed by atoms with Gasteiger partial charge in [0.2, 0.25) is 5.91 Å². The molecular formula is C34H38Cl2N4O5S. The Kier molecular flexibility index (Phi) is 11.4. The number of hydrogen-bond donors (Lipinski definition) is 3. The summed E-state index contributed by atoms with van der Waals surface area (Å²) < 4.78 is 28.9. The molecule has 0 atom stereocenters. The Morgan fingerprint density at radius 1 is 0.848 bits per heavy atom. The van der Waals surface area contributed by atoms with Gasteiger partial charge >= 0.3 is 0 Å². The van der Waals surface area contributed by atoms with Crippen molar-refractivity contribution in [2.24, 2.45) is 5.92 Å². The molecule has 1 aliphatic heterocycles. The molecule has 1 saturated heterocycles. The van der Waals surface area contributed by atoms with Crippen LogP contribution in [-0.2, 0) is 14.8 Å². The van der Waals surface area contributed by atoms with Crippen LogP contribution in [-0.4, -0.2) is 63.1 Å². The molecule has 0 aromatic heterocycles. The summed E-state index contributed by atoms with van der Waals surface area (Å²) in [5.74, 6) is -0.503. The number of benzene rings is 3. The number of amides is 2. The minimum Gasteiger partial charge on any atom is -0.352 e. The lowest BCUT2D eigenvalue weighted by Gasteiger charge is -2.30. The number of carbonyl (C=O) groups is 3. The molecule has 9 nitrogen and oxygen atoms in total. The van der Waals surface area contributed by atoms with E-state index in [1.165, 1.54) is 93.5 Å². The third-order valence-electron chi connectivity index (χ3n) is 8.69. The van der Waals surface area contributed by atoms with Crippen LogP contribution in [0.15, 0.2) is 71.6 Å². The van der Waals surface area contributed by atoms with Crippen LogP contribution in [0, 0.1) is 5.92 Å². The molecule has 0 spiro atoms. The highest BCUT2D eigenvalue weighted by molar-refractivity contribution is 7.92. The Morgan fingerprint density at radius 3 is 2.24 bits per heavy atom. The van der Waals surface area contributed by atoms with E-state index >= 15 is 0 Å². The van der Waals surface area contributed by atoms with E-state index in [1.807, 2.05) is 0 Å². The van der Waals surface area contributed by atoms with Gasteiger partial charge in [-0.3, -0.25) is 19.1 Å². The summed E-state index contributed by atoms with van der Waals surface area (Å²) in [5, 5.41) is 6.16. The zero-order chi connectivity index (χ0) is 32.7. The highest BCUT2D eigenvalue weighted by Crippen LogP contribution is 2.29. The van der Waals surface area contributed by atoms with Gasteiger partial charge in [-0.25, -0.2) is 8.42 Å². The molecule has 1 saturated carbocycles. The van der Waals surface area contributed by atoms with Crippen LogP contribution < -0.4 is 15.4 Å². The van der Waals surface area contributed by atoms with E-state index in [2.05, 4.69) is 20.3 Å². The molecule has 0 bridgehead atoms. The molecule has 3 aromatic rings. The number of nitrogens with zero attached hydrogens (tertiary/aromatic N) is 1. The van der Waals surface area contributed by atoms with Crippen molar-refractivity contribution in [2.45, 2.75) is 55.9 Å². The van der Waals surface area contributed by atoms with Crippen molar-refractivity contribution in [3.63, 3.8) is 0 Å². The lowest BCUT2D eigenvalue weighted by Crippen LogP contribution is -2.43. The van der Waals surface area contributed by atoms with E-state index in [-0.39, 0.29) is 50.8 Å². The predicted octanol–water partition coefficient (Wildman–Crippen LogP) is 5.92. The number of rotatable bonds is 12. The Balaban J connectivity index is 1.11. The third kappa shape index (κ3) is 8.88. The second-order valence-corrected chi connectivity index (χ2v) is 14.5. The highest BCUT2D eigenvalue weighted by Gasteiger charge is 2.24. The normalized spacial score (nSPS) is 18.6. The maximum absolute atomic E-state index is 13.2. The number of nitrogens with one attached hydrogen (secondary N) is 3. The molecule has 3 aromatic carbocycles. The van der Waals surface area contributed by atoms with Crippen LogP contribution in [0.2, 0.25) is 10.0 Å². The second-order valence-electron chi connectivity index (χ2n) is 11.9. The Hall–Kier alpha value is -3.44. The maximum atomic E-state index is 13.2. The fourth-order valence-corrected chi connectivity index (χ4v) is 7.66. The summed E-state index contributed by atoms with van der Waals surface area (Å²) in [6, 6.07) is 16.1. The molecule has 1 aliphatic carbocycles. The van der Waals surface area contributed by atoms with Gasteiger partial charge in [-0.05, 0) is 125 Å². The maximum Gasteiger partial charge on any atom is 0.261 e. The van der Waals surface area contributed by atoms with Crippen LogP contribution >= 0.6 is 23.2 Å². The van der Waals surface area contributed by atoms with Crippen LogP contribution in [0.5, 0.6) is 0 Å². The van der Waals surface area contributed by atoms with Crippen LogP contribution in [0.3, 0.4) is 0 Å². The SMILES string of the molecule is O=C(CNC(=O)c1ccc(S(=O)(=O)Nc2ccccc2C(=O)c2ccc(Cl)cc2Cl)cc1)NC1CCC(CCN2CCCC2)CC1. The van der Waals surface area contributed by atoms with E-state index in [0.717, 1.165) is 25.7 Å². The molecule has 2 amide bonds. The zero-order valence-electron chi connectivity index (χ0n) is 25.4. The summed E-state index contributed by atoms with van der Waals surface area (Å²) >= 11 is 12.2. The molecule has 244 valence electrons. The fourth-order valence-electron chi connectivity index (χ4n) is 6.09. The first kappa shape index (κ1) is 33.9. The summed E-state index contributed by atoms with van der Waals surface area (Å²) in [6.45, 7) is 3.45. The topological polar surface area (TPSA) is 125 Å². The van der Waals surface area contributed by atoms with Crippen molar-refractivity contribution >= 4 is 56.5 Å². The van der Waals surface area contributed by atoms with E-state index in [9.17, 15) is 22.8 Å². The monoisotopic (exact) mass is 684 g/mol. The van der Waals surface area contributed by atoms with Crippen molar-refractivity contribution in [2.75, 3.05) is 30.9 Å². The lowest BCUT2D eigenvalue weighted by molar-refractivity contribution is -0.121. The van der Waals surface area contributed by atoms with Gasteiger partial charge in [-0.15, -0.1) is 0 Å². The molecule has 1 heterocycles. The minimum absolute atomic E-state index is 0.0712. The van der Waals surface area contributed by atoms with Gasteiger partial charge in [-0.1, -0.05) is 35.3 Å². The zero-order valence-corrected chi connectivity index (χ0v) is 27.8. The number of sulfonamides is 1. The summed E-state index contributed by atoms with van der Waals surface area (Å²) in [4.78, 5) is 40.9. The predicted molar refractivity (Wildman–Crippen MR) is 180 cm³/mol. The Morgan fingerprint density at radius 2 is 1.54 bits per heavy atom. The van der Waals surface area contributed by atoms with Gasteiger partial charge < -0.3 is 15.5 Å². The largest absolute Gasteiger partial charge is 0.352 e. The molecule has 46 heavy (non-hydrogen) atoms. The van der Waals surface area contributed by atoms with Gasteiger partial charge in [0, 0.05) is 27.8 Å². The molecular weight excluding hydrogens is 647 g/mol.